The zero-order chi connectivity index (χ0) is 19.3. The van der Waals surface area contributed by atoms with Crippen molar-refractivity contribution in [2.75, 3.05) is 44.2 Å². The van der Waals surface area contributed by atoms with E-state index < -0.39 is 0 Å². The number of piperazine rings is 1. The van der Waals surface area contributed by atoms with E-state index in [1.54, 1.807) is 0 Å². The highest BCUT2D eigenvalue weighted by atomic mass is 32.1. The van der Waals surface area contributed by atoms with Gasteiger partial charge in [0.05, 0.1) is 5.39 Å². The summed E-state index contributed by atoms with van der Waals surface area (Å²) in [6.45, 7) is 6.94. The van der Waals surface area contributed by atoms with Crippen molar-refractivity contribution in [1.29, 1.82) is 0 Å². The number of rotatable bonds is 4. The molecule has 2 aliphatic heterocycles. The summed E-state index contributed by atoms with van der Waals surface area (Å²) in [5.41, 5.74) is 1.48. The van der Waals surface area contributed by atoms with Crippen LogP contribution in [0.5, 0.6) is 0 Å². The largest absolute Gasteiger partial charge is 0.353 e. The first kappa shape index (κ1) is 18.0. The Morgan fingerprint density at radius 1 is 0.929 bits per heavy atom. The van der Waals surface area contributed by atoms with Crippen molar-refractivity contribution in [3.8, 4) is 0 Å². The van der Waals surface area contributed by atoms with Gasteiger partial charge in [0.25, 0.3) is 0 Å². The zero-order valence-electron chi connectivity index (χ0n) is 16.2. The molecule has 7 nitrogen and oxygen atoms in total. The molecule has 3 aliphatic rings. The van der Waals surface area contributed by atoms with Crippen LogP contribution in [-0.2, 0) is 22.4 Å². The van der Waals surface area contributed by atoms with Crippen molar-refractivity contribution in [1.82, 2.24) is 19.8 Å². The number of aryl methyl sites for hydroxylation is 3. The minimum absolute atomic E-state index is 0.0196. The quantitative estimate of drug-likeness (QED) is 0.730. The van der Waals surface area contributed by atoms with Gasteiger partial charge in [0, 0.05) is 57.0 Å². The molecule has 0 saturated carbocycles. The van der Waals surface area contributed by atoms with Gasteiger partial charge in [0.15, 0.2) is 0 Å². The molecule has 2 saturated heterocycles. The number of anilines is 1. The fraction of sp³-hybridized carbons (Fsp3) is 0.600. The second-order valence-electron chi connectivity index (χ2n) is 7.90. The Balaban J connectivity index is 1.28. The molecule has 0 unspecified atom stereocenters. The van der Waals surface area contributed by atoms with Gasteiger partial charge >= 0.3 is 0 Å². The van der Waals surface area contributed by atoms with Crippen LogP contribution < -0.4 is 4.90 Å². The predicted molar refractivity (Wildman–Crippen MR) is 109 cm³/mol. The maximum absolute atomic E-state index is 11.8. The normalized spacial score (nSPS) is 20.6. The number of amides is 2. The molecule has 0 radical (unpaired) electrons. The molecule has 4 heterocycles. The molecule has 2 aromatic heterocycles. The number of thiophene rings is 1. The van der Waals surface area contributed by atoms with E-state index in [2.05, 4.69) is 9.80 Å². The van der Waals surface area contributed by atoms with Crippen LogP contribution in [-0.4, -0.2) is 70.9 Å². The molecule has 2 amide bonds. The van der Waals surface area contributed by atoms with Crippen molar-refractivity contribution < 1.29 is 9.59 Å². The highest BCUT2D eigenvalue weighted by molar-refractivity contribution is 7.19. The fourth-order valence-corrected chi connectivity index (χ4v) is 5.91. The minimum atomic E-state index is -0.0196. The molecule has 0 aromatic carbocycles. The van der Waals surface area contributed by atoms with E-state index in [1.165, 1.54) is 33.6 Å². The van der Waals surface area contributed by atoms with Gasteiger partial charge in [-0.2, -0.15) is 0 Å². The molecule has 5 rings (SSSR count). The van der Waals surface area contributed by atoms with E-state index in [0.29, 0.717) is 19.4 Å². The van der Waals surface area contributed by atoms with Crippen LogP contribution in [0.4, 0.5) is 5.82 Å². The van der Waals surface area contributed by atoms with E-state index in [-0.39, 0.29) is 11.8 Å². The number of fused-ring (bicyclic) bond motifs is 3. The Hall–Kier alpha value is -2.06. The number of carbonyl (C=O) groups excluding carboxylic acids is 2. The van der Waals surface area contributed by atoms with Crippen molar-refractivity contribution >= 4 is 39.2 Å². The third-order valence-corrected chi connectivity index (χ3v) is 7.31. The van der Waals surface area contributed by atoms with Gasteiger partial charge in [0.2, 0.25) is 11.8 Å². The molecule has 2 fully saturated rings. The highest BCUT2D eigenvalue weighted by Crippen LogP contribution is 2.40. The molecular formula is C20H25N5O2S. The fourth-order valence-electron chi connectivity index (χ4n) is 4.61. The van der Waals surface area contributed by atoms with E-state index in [9.17, 15) is 9.59 Å². The van der Waals surface area contributed by atoms with Crippen LogP contribution in [0.25, 0.3) is 10.2 Å². The Morgan fingerprint density at radius 2 is 1.68 bits per heavy atom. The molecule has 2 aromatic rings. The average Bonchev–Trinajstić information content (AvgIpc) is 3.35. The monoisotopic (exact) mass is 399 g/mol. The summed E-state index contributed by atoms with van der Waals surface area (Å²) in [4.78, 5) is 41.9. The molecule has 148 valence electrons. The van der Waals surface area contributed by atoms with Gasteiger partial charge in [-0.05, 0) is 31.7 Å². The van der Waals surface area contributed by atoms with Crippen LogP contribution in [0.15, 0.2) is 0 Å². The number of hydrogen-bond donors (Lipinski definition) is 0. The van der Waals surface area contributed by atoms with E-state index in [4.69, 9.17) is 9.97 Å². The number of likely N-dealkylation sites (tertiary alicyclic amines) is 1. The lowest BCUT2D eigenvalue weighted by Gasteiger charge is -2.36. The standard InChI is InChI=1S/C20H25N5O2S/c1-13-21-19(18-14-3-2-4-15(14)28-20(18)22-13)24-10-7-23(8-11-24)9-12-25-16(26)5-6-17(25)27/h2-12H2,1H3. The molecule has 28 heavy (non-hydrogen) atoms. The lowest BCUT2D eigenvalue weighted by atomic mass is 10.1. The highest BCUT2D eigenvalue weighted by Gasteiger charge is 2.30. The predicted octanol–water partition coefficient (Wildman–Crippen LogP) is 1.76. The first-order chi connectivity index (χ1) is 13.6. The summed E-state index contributed by atoms with van der Waals surface area (Å²) in [5.74, 6) is 1.91. The Morgan fingerprint density at radius 3 is 2.43 bits per heavy atom. The van der Waals surface area contributed by atoms with Crippen LogP contribution >= 0.6 is 11.3 Å². The van der Waals surface area contributed by atoms with E-state index in [0.717, 1.165) is 55.6 Å². The average molecular weight is 400 g/mol. The van der Waals surface area contributed by atoms with Crippen molar-refractivity contribution in [3.63, 3.8) is 0 Å². The lowest BCUT2D eigenvalue weighted by Crippen LogP contribution is -2.49. The van der Waals surface area contributed by atoms with Gasteiger partial charge in [-0.3, -0.25) is 19.4 Å². The van der Waals surface area contributed by atoms with Crippen molar-refractivity contribution in [2.24, 2.45) is 0 Å². The number of imide groups is 1. The maximum Gasteiger partial charge on any atom is 0.229 e. The Kier molecular flexibility index (Phi) is 4.55. The van der Waals surface area contributed by atoms with Crippen LogP contribution in [0.1, 0.15) is 35.5 Å². The first-order valence-electron chi connectivity index (χ1n) is 10.2. The molecule has 0 bridgehead atoms. The first-order valence-corrected chi connectivity index (χ1v) is 11.0. The van der Waals surface area contributed by atoms with Crippen LogP contribution in [0.3, 0.4) is 0 Å². The second-order valence-corrected chi connectivity index (χ2v) is 8.98. The molecule has 0 atom stereocenters. The van der Waals surface area contributed by atoms with Gasteiger partial charge in [-0.15, -0.1) is 11.3 Å². The lowest BCUT2D eigenvalue weighted by molar-refractivity contribution is -0.138. The summed E-state index contributed by atoms with van der Waals surface area (Å²) >= 11 is 1.84. The Bertz CT molecular complexity index is 932. The summed E-state index contributed by atoms with van der Waals surface area (Å²) < 4.78 is 0. The van der Waals surface area contributed by atoms with Gasteiger partial charge in [-0.25, -0.2) is 9.97 Å². The summed E-state index contributed by atoms with van der Waals surface area (Å²) in [7, 11) is 0. The SMILES string of the molecule is Cc1nc(N2CCN(CCN3C(=O)CCC3=O)CC2)c2c3c(sc2n1)CCC3. The molecule has 8 heteroatoms. The number of aromatic nitrogens is 2. The molecule has 1 aliphatic carbocycles. The maximum atomic E-state index is 11.8. The molecule has 0 N–H and O–H groups in total. The number of nitrogens with zero attached hydrogens (tertiary/aromatic N) is 5. The summed E-state index contributed by atoms with van der Waals surface area (Å²) in [6.07, 6.45) is 4.32. The number of carbonyl (C=O) groups is 2. The van der Waals surface area contributed by atoms with E-state index in [1.807, 2.05) is 18.3 Å². The van der Waals surface area contributed by atoms with Gasteiger partial charge < -0.3 is 4.90 Å². The minimum Gasteiger partial charge on any atom is -0.353 e. The smallest absolute Gasteiger partial charge is 0.229 e. The Labute approximate surface area is 168 Å². The number of hydrogen-bond acceptors (Lipinski definition) is 7. The van der Waals surface area contributed by atoms with Gasteiger partial charge in [-0.1, -0.05) is 0 Å². The van der Waals surface area contributed by atoms with Crippen molar-refractivity contribution in [3.05, 3.63) is 16.3 Å². The van der Waals surface area contributed by atoms with Gasteiger partial charge in [0.1, 0.15) is 16.5 Å². The summed E-state index contributed by atoms with van der Waals surface area (Å²) in [6, 6.07) is 0. The zero-order valence-corrected chi connectivity index (χ0v) is 17.1. The topological polar surface area (TPSA) is 69.6 Å². The third kappa shape index (κ3) is 3.08. The van der Waals surface area contributed by atoms with Crippen LogP contribution in [0, 0.1) is 6.92 Å². The van der Waals surface area contributed by atoms with E-state index >= 15 is 0 Å². The third-order valence-electron chi connectivity index (χ3n) is 6.12. The second kappa shape index (κ2) is 7.08. The molecular weight excluding hydrogens is 374 g/mol. The van der Waals surface area contributed by atoms with Crippen molar-refractivity contribution in [2.45, 2.75) is 39.0 Å². The molecule has 0 spiro atoms. The van der Waals surface area contributed by atoms with Crippen LogP contribution in [0.2, 0.25) is 0 Å². The summed E-state index contributed by atoms with van der Waals surface area (Å²) in [5, 5.41) is 1.28.